The number of thiocyanates is 2. The Morgan fingerprint density at radius 1 is 1.38 bits per heavy atom. The van der Waals surface area contributed by atoms with Crippen molar-refractivity contribution in [3.8, 4) is 10.8 Å². The fraction of sp³-hybridized carbons (Fsp3) is 0. The van der Waals surface area contributed by atoms with Crippen molar-refractivity contribution in [1.29, 1.82) is 10.5 Å². The SMILES string of the molecule is N.N#CS.N#C[S-].[Na+]. The summed E-state index contributed by atoms with van der Waals surface area (Å²) in [4.78, 5) is 0. The van der Waals surface area contributed by atoms with Crippen LogP contribution in [-0.2, 0) is 12.6 Å². The number of nitrogens with zero attached hydrogens (tertiary/aromatic N) is 2. The van der Waals surface area contributed by atoms with Gasteiger partial charge < -0.3 is 18.8 Å². The molecule has 40 valence electrons. The second-order valence-corrected chi connectivity index (χ2v) is 0.574. The van der Waals surface area contributed by atoms with E-state index in [1.165, 1.54) is 10.8 Å². The first-order chi connectivity index (χ1) is 2.83. The maximum atomic E-state index is 7.18. The van der Waals surface area contributed by atoms with Crippen molar-refractivity contribution in [1.82, 2.24) is 6.15 Å². The summed E-state index contributed by atoms with van der Waals surface area (Å²) in [7, 11) is 0. The van der Waals surface area contributed by atoms with Gasteiger partial charge in [-0.2, -0.15) is 5.26 Å². The first-order valence-corrected chi connectivity index (χ1v) is 1.73. The number of hydrogen-bond donors (Lipinski definition) is 2. The molecule has 0 saturated carbocycles. The second-order valence-electron chi connectivity index (χ2n) is 0.191. The van der Waals surface area contributed by atoms with E-state index in [1.54, 1.807) is 0 Å². The molecule has 0 aliphatic heterocycles. The first kappa shape index (κ1) is 23.6. The van der Waals surface area contributed by atoms with Crippen LogP contribution < -0.4 is 35.7 Å². The molecule has 0 heterocycles. The van der Waals surface area contributed by atoms with Gasteiger partial charge in [-0.1, -0.05) is 18.0 Å². The Kier molecular flexibility index (Phi) is 149. The van der Waals surface area contributed by atoms with Crippen LogP contribution >= 0.6 is 12.6 Å². The molecule has 0 radical (unpaired) electrons. The Morgan fingerprint density at radius 3 is 1.38 bits per heavy atom. The van der Waals surface area contributed by atoms with E-state index >= 15 is 0 Å². The van der Waals surface area contributed by atoms with Gasteiger partial charge in [0.05, 0.1) is 0 Å². The van der Waals surface area contributed by atoms with Crippen LogP contribution in [0.15, 0.2) is 0 Å². The Morgan fingerprint density at radius 2 is 1.38 bits per heavy atom. The zero-order chi connectivity index (χ0) is 5.41. The number of thiol groups is 1. The summed E-state index contributed by atoms with van der Waals surface area (Å²) >= 11 is 6.79. The molecule has 0 aromatic carbocycles. The third kappa shape index (κ3) is 760. The predicted octanol–water partition coefficient (Wildman–Crippen LogP) is -2.42. The quantitative estimate of drug-likeness (QED) is 0.177. The van der Waals surface area contributed by atoms with Crippen LogP contribution in [0.4, 0.5) is 0 Å². The molecular formula is C2H4N3NaS2. The van der Waals surface area contributed by atoms with E-state index in [4.69, 9.17) is 10.5 Å². The molecule has 0 fully saturated rings. The van der Waals surface area contributed by atoms with Crippen molar-refractivity contribution in [2.75, 3.05) is 0 Å². The van der Waals surface area contributed by atoms with Crippen LogP contribution in [0.1, 0.15) is 0 Å². The number of nitriles is 2. The maximum absolute atomic E-state index is 7.18. The van der Waals surface area contributed by atoms with Crippen molar-refractivity contribution < 1.29 is 29.6 Å². The molecule has 0 bridgehead atoms. The van der Waals surface area contributed by atoms with E-state index in [1.807, 2.05) is 0 Å². The summed E-state index contributed by atoms with van der Waals surface area (Å²) in [5, 5.41) is 17.1. The molecule has 6 heteroatoms. The van der Waals surface area contributed by atoms with Crippen molar-refractivity contribution in [2.45, 2.75) is 0 Å². The van der Waals surface area contributed by atoms with E-state index in [0.29, 0.717) is 0 Å². The van der Waals surface area contributed by atoms with Crippen LogP contribution in [-0.4, -0.2) is 0 Å². The van der Waals surface area contributed by atoms with E-state index in [2.05, 4.69) is 25.3 Å². The van der Waals surface area contributed by atoms with E-state index in [0.717, 1.165) is 0 Å². The molecule has 0 aliphatic carbocycles. The molecule has 0 unspecified atom stereocenters. The third-order valence-electron chi connectivity index (χ3n) is 0. The van der Waals surface area contributed by atoms with Gasteiger partial charge in [-0.05, 0) is 0 Å². The molecule has 0 amide bonds. The standard InChI is InChI=1S/2CHNS.H3N.Na/c2*2-1-3;;/h2*3H;1H3;/q;;;+1/p-1. The molecule has 0 rings (SSSR count). The van der Waals surface area contributed by atoms with Crippen molar-refractivity contribution in [2.24, 2.45) is 0 Å². The fourth-order valence-corrected chi connectivity index (χ4v) is 0. The van der Waals surface area contributed by atoms with Gasteiger partial charge in [0.25, 0.3) is 0 Å². The molecule has 0 atom stereocenters. The van der Waals surface area contributed by atoms with Crippen LogP contribution in [0.2, 0.25) is 0 Å². The van der Waals surface area contributed by atoms with E-state index in [-0.39, 0.29) is 35.7 Å². The van der Waals surface area contributed by atoms with E-state index < -0.39 is 0 Å². The summed E-state index contributed by atoms with van der Waals surface area (Å²) in [6.07, 6.45) is 0. The average Bonchev–Trinajstić information content (AvgIpc) is 1.39. The van der Waals surface area contributed by atoms with Crippen molar-refractivity contribution >= 4 is 25.3 Å². The largest absolute Gasteiger partial charge is 1.00 e. The molecule has 3 nitrogen and oxygen atoms in total. The zero-order valence-corrected chi connectivity index (χ0v) is 8.17. The first-order valence-electron chi connectivity index (χ1n) is 0.875. The molecule has 0 aromatic heterocycles. The predicted molar refractivity (Wildman–Crippen MR) is 32.6 cm³/mol. The molecule has 0 aromatic rings. The molecule has 0 spiro atoms. The Hall–Kier alpha value is 0.510. The molecular weight excluding hydrogens is 153 g/mol. The topological polar surface area (TPSA) is 82.6 Å². The zero-order valence-electron chi connectivity index (χ0n) is 4.46. The van der Waals surface area contributed by atoms with Crippen LogP contribution in [0.5, 0.6) is 0 Å². The summed E-state index contributed by atoms with van der Waals surface area (Å²) in [5.74, 6) is 0. The Bertz CT molecular complexity index is 70.3. The summed E-state index contributed by atoms with van der Waals surface area (Å²) in [6.45, 7) is 0. The minimum absolute atomic E-state index is 0. The fourth-order valence-electron chi connectivity index (χ4n) is 0. The van der Waals surface area contributed by atoms with Gasteiger partial charge in [-0.25, -0.2) is 5.26 Å². The number of hydrogen-bond acceptors (Lipinski definition) is 5. The van der Waals surface area contributed by atoms with Gasteiger partial charge in [-0.3, -0.25) is 0 Å². The van der Waals surface area contributed by atoms with Crippen LogP contribution in [0.25, 0.3) is 0 Å². The van der Waals surface area contributed by atoms with Gasteiger partial charge in [0.1, 0.15) is 5.40 Å². The monoisotopic (exact) mass is 157 g/mol. The third-order valence-corrected chi connectivity index (χ3v) is 0. The Balaban J connectivity index is -0.0000000160. The van der Waals surface area contributed by atoms with Crippen molar-refractivity contribution in [3.05, 3.63) is 0 Å². The normalized spacial score (nSPS) is 1.88. The van der Waals surface area contributed by atoms with Gasteiger partial charge in [0.15, 0.2) is 0 Å². The second kappa shape index (κ2) is 50.5. The van der Waals surface area contributed by atoms with Gasteiger partial charge in [0.2, 0.25) is 0 Å². The summed E-state index contributed by atoms with van der Waals surface area (Å²) in [5.41, 5.74) is 0. The average molecular weight is 157 g/mol. The minimum atomic E-state index is 0. The molecule has 8 heavy (non-hydrogen) atoms. The molecule has 0 aliphatic rings. The van der Waals surface area contributed by atoms with Gasteiger partial charge >= 0.3 is 29.6 Å². The van der Waals surface area contributed by atoms with Crippen molar-refractivity contribution in [3.63, 3.8) is 0 Å². The summed E-state index contributed by atoms with van der Waals surface area (Å²) < 4.78 is 0. The minimum Gasteiger partial charge on any atom is -0.696 e. The molecule has 0 saturated heterocycles. The smallest absolute Gasteiger partial charge is 0.696 e. The summed E-state index contributed by atoms with van der Waals surface area (Å²) in [6, 6.07) is 0. The van der Waals surface area contributed by atoms with E-state index in [9.17, 15) is 0 Å². The van der Waals surface area contributed by atoms with Gasteiger partial charge in [-0.15, -0.1) is 0 Å². The maximum Gasteiger partial charge on any atom is 1.00 e. The number of rotatable bonds is 0. The van der Waals surface area contributed by atoms with Gasteiger partial charge in [0, 0.05) is 0 Å². The van der Waals surface area contributed by atoms with Crippen LogP contribution in [0, 0.1) is 21.3 Å². The Labute approximate surface area is 81.8 Å². The van der Waals surface area contributed by atoms with Crippen LogP contribution in [0.3, 0.4) is 0 Å². The molecule has 3 N–H and O–H groups in total.